The highest BCUT2D eigenvalue weighted by Crippen LogP contribution is 2.52. The van der Waals surface area contributed by atoms with E-state index >= 15 is 0 Å². The molecule has 0 aliphatic heterocycles. The highest BCUT2D eigenvalue weighted by Gasteiger charge is 2.42. The smallest absolute Gasteiger partial charge is 0.177 e. The van der Waals surface area contributed by atoms with Crippen molar-refractivity contribution in [2.75, 3.05) is 0 Å². The molecule has 2 nitrogen and oxygen atoms in total. The van der Waals surface area contributed by atoms with Crippen molar-refractivity contribution >= 4 is 12.2 Å². The van der Waals surface area contributed by atoms with Gasteiger partial charge in [-0.25, -0.2) is 0 Å². The van der Waals surface area contributed by atoms with Gasteiger partial charge < -0.3 is 9.55 Å². The Bertz CT molecular complexity index is 485. The van der Waals surface area contributed by atoms with Crippen LogP contribution in [-0.4, -0.2) is 9.55 Å². The quantitative estimate of drug-likeness (QED) is 0.782. The molecule has 1 aromatic heterocycles. The lowest BCUT2D eigenvalue weighted by Gasteiger charge is -2.29. The van der Waals surface area contributed by atoms with E-state index in [9.17, 15) is 0 Å². The van der Waals surface area contributed by atoms with E-state index in [-0.39, 0.29) is 0 Å². The molecule has 2 aliphatic rings. The summed E-state index contributed by atoms with van der Waals surface area (Å²) in [4.78, 5) is 3.30. The molecular formula is C14H22N2S. The summed E-state index contributed by atoms with van der Waals surface area (Å²) in [7, 11) is 0. The van der Waals surface area contributed by atoms with E-state index in [0.717, 1.165) is 22.5 Å². The van der Waals surface area contributed by atoms with Crippen LogP contribution in [0.4, 0.5) is 0 Å². The summed E-state index contributed by atoms with van der Waals surface area (Å²) < 4.78 is 3.27. The van der Waals surface area contributed by atoms with Crippen molar-refractivity contribution in [1.29, 1.82) is 0 Å². The summed E-state index contributed by atoms with van der Waals surface area (Å²) >= 11 is 5.47. The van der Waals surface area contributed by atoms with Crippen molar-refractivity contribution in [3.05, 3.63) is 16.2 Å². The van der Waals surface area contributed by atoms with Crippen LogP contribution in [0.5, 0.6) is 0 Å². The zero-order chi connectivity index (χ0) is 12.2. The minimum absolute atomic E-state index is 0.572. The predicted octanol–water partition coefficient (Wildman–Crippen LogP) is 4.16. The van der Waals surface area contributed by atoms with Crippen LogP contribution in [0.2, 0.25) is 0 Å². The van der Waals surface area contributed by atoms with E-state index in [1.54, 1.807) is 0 Å². The molecule has 2 aliphatic carbocycles. The highest BCUT2D eigenvalue weighted by molar-refractivity contribution is 7.71. The number of nitrogens with zero attached hydrogens (tertiary/aromatic N) is 1. The molecule has 17 heavy (non-hydrogen) atoms. The minimum atomic E-state index is 0.572. The standard InChI is InChI=1S/C14H22N2S/c1-8-9(2)16(14(17)15-8)10(3)13-7-11-4-5-12(13)6-11/h10-13H,4-7H2,1-3H3,(H,15,17)/t10-,11-,12-,13-/m1/s1. The van der Waals surface area contributed by atoms with Crippen LogP contribution in [-0.2, 0) is 0 Å². The molecule has 0 radical (unpaired) electrons. The predicted molar refractivity (Wildman–Crippen MR) is 72.7 cm³/mol. The third-order valence-electron chi connectivity index (χ3n) is 5.24. The van der Waals surface area contributed by atoms with Crippen LogP contribution < -0.4 is 0 Å². The van der Waals surface area contributed by atoms with Gasteiger partial charge >= 0.3 is 0 Å². The number of fused-ring (bicyclic) bond motifs is 2. The van der Waals surface area contributed by atoms with Gasteiger partial charge in [0, 0.05) is 17.4 Å². The largest absolute Gasteiger partial charge is 0.335 e. The minimum Gasteiger partial charge on any atom is -0.335 e. The molecule has 2 saturated carbocycles. The van der Waals surface area contributed by atoms with Crippen LogP contribution in [0.1, 0.15) is 50.0 Å². The molecule has 0 spiro atoms. The SMILES string of the molecule is Cc1[nH]c(=S)n([C@H](C)[C@H]2C[C@@H]3CC[C@@H]2C3)c1C. The average molecular weight is 250 g/mol. The second-order valence-electron chi connectivity index (χ2n) is 6.09. The van der Waals surface area contributed by atoms with Gasteiger partial charge in [-0.15, -0.1) is 0 Å². The molecule has 1 heterocycles. The van der Waals surface area contributed by atoms with E-state index in [2.05, 4.69) is 30.3 Å². The maximum absolute atomic E-state index is 5.47. The van der Waals surface area contributed by atoms with Gasteiger partial charge in [-0.3, -0.25) is 0 Å². The van der Waals surface area contributed by atoms with Gasteiger partial charge in [-0.1, -0.05) is 6.42 Å². The van der Waals surface area contributed by atoms with E-state index in [0.29, 0.717) is 6.04 Å². The lowest BCUT2D eigenvalue weighted by molar-refractivity contribution is 0.239. The molecule has 1 N–H and O–H groups in total. The normalized spacial score (nSPS) is 33.2. The molecule has 3 heteroatoms. The van der Waals surface area contributed by atoms with Crippen LogP contribution in [0.3, 0.4) is 0 Å². The summed E-state index contributed by atoms with van der Waals surface area (Å²) in [6.45, 7) is 6.67. The van der Waals surface area contributed by atoms with Crippen molar-refractivity contribution < 1.29 is 0 Å². The summed E-state index contributed by atoms with van der Waals surface area (Å²) in [5.74, 6) is 2.84. The molecule has 0 aromatic carbocycles. The van der Waals surface area contributed by atoms with E-state index in [4.69, 9.17) is 12.2 Å². The number of hydrogen-bond acceptors (Lipinski definition) is 1. The monoisotopic (exact) mass is 250 g/mol. The lowest BCUT2D eigenvalue weighted by Crippen LogP contribution is -2.22. The average Bonchev–Trinajstić information content (AvgIpc) is 2.94. The molecule has 1 aromatic rings. The van der Waals surface area contributed by atoms with Crippen molar-refractivity contribution in [2.45, 2.75) is 52.5 Å². The summed E-state index contributed by atoms with van der Waals surface area (Å²) in [5, 5.41) is 0. The Morgan fingerprint density at radius 1 is 1.29 bits per heavy atom. The number of nitrogens with one attached hydrogen (secondary N) is 1. The Labute approximate surface area is 108 Å². The molecule has 2 fully saturated rings. The lowest BCUT2D eigenvalue weighted by atomic mass is 9.84. The maximum Gasteiger partial charge on any atom is 0.177 e. The molecule has 94 valence electrons. The molecule has 0 unspecified atom stereocenters. The number of hydrogen-bond donors (Lipinski definition) is 1. The summed E-state index contributed by atoms with van der Waals surface area (Å²) in [6.07, 6.45) is 5.84. The van der Waals surface area contributed by atoms with Crippen molar-refractivity contribution in [1.82, 2.24) is 9.55 Å². The summed E-state index contributed by atoms with van der Waals surface area (Å²) in [6, 6.07) is 0.572. The Morgan fingerprint density at radius 2 is 2.06 bits per heavy atom. The van der Waals surface area contributed by atoms with E-state index in [1.807, 2.05) is 0 Å². The van der Waals surface area contributed by atoms with Crippen molar-refractivity contribution in [3.63, 3.8) is 0 Å². The van der Waals surface area contributed by atoms with Gasteiger partial charge in [0.15, 0.2) is 4.77 Å². The van der Waals surface area contributed by atoms with Crippen LogP contribution in [0.25, 0.3) is 0 Å². The second kappa shape index (κ2) is 3.98. The summed E-state index contributed by atoms with van der Waals surface area (Å²) in [5.41, 5.74) is 2.55. The Morgan fingerprint density at radius 3 is 2.53 bits per heavy atom. The second-order valence-corrected chi connectivity index (χ2v) is 6.48. The number of H-pyrrole nitrogens is 1. The van der Waals surface area contributed by atoms with Crippen LogP contribution in [0.15, 0.2) is 0 Å². The Kier molecular flexibility index (Phi) is 2.69. The highest BCUT2D eigenvalue weighted by atomic mass is 32.1. The van der Waals surface area contributed by atoms with Gasteiger partial charge in [0.05, 0.1) is 0 Å². The van der Waals surface area contributed by atoms with Gasteiger partial charge in [0.25, 0.3) is 0 Å². The number of aromatic nitrogens is 2. The third-order valence-corrected chi connectivity index (χ3v) is 5.54. The fraction of sp³-hybridized carbons (Fsp3) is 0.786. The zero-order valence-electron chi connectivity index (χ0n) is 11.0. The molecule has 4 atom stereocenters. The first-order valence-corrected chi connectivity index (χ1v) is 7.26. The molecule has 0 saturated heterocycles. The molecule has 3 rings (SSSR count). The maximum atomic E-state index is 5.47. The zero-order valence-corrected chi connectivity index (χ0v) is 11.8. The fourth-order valence-electron chi connectivity index (χ4n) is 4.21. The number of rotatable bonds is 2. The molecule has 2 bridgehead atoms. The number of aromatic amines is 1. The first kappa shape index (κ1) is 11.5. The van der Waals surface area contributed by atoms with Gasteiger partial charge in [-0.2, -0.15) is 0 Å². The van der Waals surface area contributed by atoms with E-state index in [1.165, 1.54) is 37.1 Å². The van der Waals surface area contributed by atoms with E-state index < -0.39 is 0 Å². The number of imidazole rings is 1. The Hall–Kier alpha value is -0.570. The first-order chi connectivity index (χ1) is 8.08. The number of aryl methyl sites for hydroxylation is 1. The van der Waals surface area contributed by atoms with Crippen molar-refractivity contribution in [2.24, 2.45) is 17.8 Å². The molecule has 0 amide bonds. The van der Waals surface area contributed by atoms with Crippen molar-refractivity contribution in [3.8, 4) is 0 Å². The van der Waals surface area contributed by atoms with Crippen LogP contribution >= 0.6 is 12.2 Å². The Balaban J connectivity index is 1.91. The topological polar surface area (TPSA) is 20.7 Å². The third kappa shape index (κ3) is 1.70. The van der Waals surface area contributed by atoms with Gasteiger partial charge in [0.1, 0.15) is 0 Å². The van der Waals surface area contributed by atoms with Gasteiger partial charge in [-0.05, 0) is 70.0 Å². The van der Waals surface area contributed by atoms with Gasteiger partial charge in [0.2, 0.25) is 0 Å². The van der Waals surface area contributed by atoms with Crippen LogP contribution in [0, 0.1) is 36.4 Å². The first-order valence-electron chi connectivity index (χ1n) is 6.85. The molecular weight excluding hydrogens is 228 g/mol. The fourth-order valence-corrected chi connectivity index (χ4v) is 4.67.